The number of ether oxygens (including phenoxy) is 2. The number of hydrogen-bond donors (Lipinski definition) is 1. The Morgan fingerprint density at radius 3 is 2.83 bits per heavy atom. The van der Waals surface area contributed by atoms with Crippen LogP contribution in [0.3, 0.4) is 0 Å². The normalized spacial score (nSPS) is 33.8. The van der Waals surface area contributed by atoms with Gasteiger partial charge in [0.25, 0.3) is 0 Å². The molecule has 3 rings (SSSR count). The fraction of sp³-hybridized carbons (Fsp3) is 0.632. The maximum atomic E-state index is 13.1. The van der Waals surface area contributed by atoms with Crippen LogP contribution in [0.2, 0.25) is 0 Å². The van der Waals surface area contributed by atoms with E-state index in [0.29, 0.717) is 23.5 Å². The molecule has 0 aromatic heterocycles. The number of benzene rings is 1. The topological polar surface area (TPSA) is 59.0 Å². The van der Waals surface area contributed by atoms with Crippen LogP contribution in [-0.2, 0) is 11.2 Å². The minimum atomic E-state index is -3.15. The fourth-order valence-electron chi connectivity index (χ4n) is 3.34. The molecule has 0 bridgehead atoms. The number of aliphatic hydroxyl groups is 1. The molecule has 0 saturated carbocycles. The molecule has 1 fully saturated rings. The Balaban J connectivity index is 2.07. The third-order valence-corrected chi connectivity index (χ3v) is 4.44. The molecule has 1 unspecified atom stereocenters. The first-order chi connectivity index (χ1) is 14.1. The first-order valence-electron chi connectivity index (χ1n) is 11.4. The van der Waals surface area contributed by atoms with E-state index in [1.165, 1.54) is 19.1 Å². The number of rotatable bonds is 4. The molecule has 5 heteroatoms. The summed E-state index contributed by atoms with van der Waals surface area (Å²) in [5, 5.41) is 10.6. The molecule has 2 aliphatic heterocycles. The monoisotopic (exact) mass is 340 g/mol. The van der Waals surface area contributed by atoms with Crippen molar-refractivity contribution in [1.82, 2.24) is 4.90 Å². The Labute approximate surface area is 153 Å². The third-order valence-electron chi connectivity index (χ3n) is 4.44. The smallest absolute Gasteiger partial charge is 0.161 e. The molecule has 24 heavy (non-hydrogen) atoms. The molecule has 1 aromatic rings. The van der Waals surface area contributed by atoms with Crippen LogP contribution in [0, 0.1) is 5.92 Å². The molecule has 1 aromatic carbocycles. The zero-order valence-electron chi connectivity index (χ0n) is 21.0. The number of piperidine rings is 1. The minimum Gasteiger partial charge on any atom is -0.493 e. The van der Waals surface area contributed by atoms with Crippen molar-refractivity contribution in [3.8, 4) is 11.5 Å². The van der Waals surface area contributed by atoms with Gasteiger partial charge in [0.2, 0.25) is 0 Å². The van der Waals surface area contributed by atoms with E-state index in [1.807, 2.05) is 0 Å². The van der Waals surface area contributed by atoms with Gasteiger partial charge in [-0.15, -0.1) is 0 Å². The average Bonchev–Trinajstić information content (AvgIpc) is 2.64. The number of hydrogen-bond acceptors (Lipinski definition) is 5. The molecular formula is C19H27NO4. The molecule has 132 valence electrons. The molecule has 0 spiro atoms. The second kappa shape index (κ2) is 6.37. The number of carbonyl (C=O) groups is 1. The van der Waals surface area contributed by atoms with Gasteiger partial charge in [0.15, 0.2) is 11.5 Å². The molecule has 1 saturated heterocycles. The minimum absolute atomic E-state index is 0.190. The van der Waals surface area contributed by atoms with E-state index in [2.05, 4.69) is 0 Å². The van der Waals surface area contributed by atoms with Gasteiger partial charge in [-0.1, -0.05) is 0 Å². The Hall–Kier alpha value is -1.59. The van der Waals surface area contributed by atoms with E-state index in [1.54, 1.807) is 12.1 Å². The molecule has 2 heterocycles. The van der Waals surface area contributed by atoms with Crippen molar-refractivity contribution in [3.63, 3.8) is 0 Å². The largest absolute Gasteiger partial charge is 0.493 e. The van der Waals surface area contributed by atoms with E-state index in [-0.39, 0.29) is 13.0 Å². The lowest BCUT2D eigenvalue weighted by Crippen LogP contribution is -2.47. The standard InChI is InChI=1S/C19H27NO4/c1-19(2,22)10-13-11-20-6-5-12-7-17(23-3)18(24-4)8-14(12)15(20)9-16(13)21/h7-8,13,15,22H,5-6,9-11H2,1-4H3/t13-,15-/m0/s1/i1D3,10D2,11D2/t13-,15-,19?. The van der Waals surface area contributed by atoms with Crippen LogP contribution >= 0.6 is 0 Å². The fourth-order valence-corrected chi connectivity index (χ4v) is 3.34. The molecular weight excluding hydrogens is 306 g/mol. The highest BCUT2D eigenvalue weighted by Gasteiger charge is 2.40. The van der Waals surface area contributed by atoms with E-state index in [9.17, 15) is 9.90 Å². The number of methoxy groups -OCH3 is 2. The SMILES string of the molecule is [2H]C1([2H])[C@H](C([2H])([2H])C(C)(O)C([2H])([2H])[2H])C(=O)C[C@H]2c3cc(OC)c(OC)cc3CCN21. The number of Topliss-reactive ketones (excluding diaryl/α,β-unsaturated/α-hetero) is 1. The van der Waals surface area contributed by atoms with Gasteiger partial charge in [-0.3, -0.25) is 9.69 Å². The number of carbonyl (C=O) groups excluding carboxylic acids is 1. The van der Waals surface area contributed by atoms with Crippen LogP contribution in [-0.4, -0.2) is 48.7 Å². The van der Waals surface area contributed by atoms with Crippen molar-refractivity contribution in [2.75, 3.05) is 27.3 Å². The summed E-state index contributed by atoms with van der Waals surface area (Å²) in [6.45, 7) is -4.69. The number of ketones is 1. The Morgan fingerprint density at radius 1 is 1.46 bits per heavy atom. The molecule has 0 aliphatic carbocycles. The van der Waals surface area contributed by atoms with E-state index < -0.39 is 43.1 Å². The Morgan fingerprint density at radius 2 is 2.17 bits per heavy atom. The maximum absolute atomic E-state index is 13.1. The van der Waals surface area contributed by atoms with Gasteiger partial charge in [-0.2, -0.15) is 0 Å². The van der Waals surface area contributed by atoms with Crippen LogP contribution in [0.4, 0.5) is 0 Å². The van der Waals surface area contributed by atoms with Crippen LogP contribution in [0.5, 0.6) is 11.5 Å². The number of fused-ring (bicyclic) bond motifs is 3. The Kier molecular flexibility index (Phi) is 2.76. The van der Waals surface area contributed by atoms with Crippen molar-refractivity contribution in [2.45, 2.75) is 44.6 Å². The summed E-state index contributed by atoms with van der Waals surface area (Å²) in [5.41, 5.74) is -1.37. The zero-order valence-corrected chi connectivity index (χ0v) is 14.0. The van der Waals surface area contributed by atoms with Crippen molar-refractivity contribution in [2.24, 2.45) is 5.92 Å². The lowest BCUT2D eigenvalue weighted by molar-refractivity contribution is -0.131. The van der Waals surface area contributed by atoms with Crippen molar-refractivity contribution in [3.05, 3.63) is 23.3 Å². The summed E-state index contributed by atoms with van der Waals surface area (Å²) < 4.78 is 67.4. The van der Waals surface area contributed by atoms with Crippen molar-refractivity contribution in [1.29, 1.82) is 0 Å². The highest BCUT2D eigenvalue weighted by molar-refractivity contribution is 5.83. The van der Waals surface area contributed by atoms with Crippen molar-refractivity contribution < 1.29 is 29.0 Å². The number of nitrogens with zero attached hydrogens (tertiary/aromatic N) is 1. The molecule has 0 amide bonds. The summed E-state index contributed by atoms with van der Waals surface area (Å²) in [6, 6.07) is 2.81. The van der Waals surface area contributed by atoms with Gasteiger partial charge in [0.05, 0.1) is 19.8 Å². The molecule has 5 nitrogen and oxygen atoms in total. The van der Waals surface area contributed by atoms with E-state index >= 15 is 0 Å². The van der Waals surface area contributed by atoms with E-state index in [0.717, 1.165) is 12.5 Å². The van der Waals surface area contributed by atoms with E-state index in [4.69, 9.17) is 19.1 Å². The highest BCUT2D eigenvalue weighted by atomic mass is 16.5. The lowest BCUT2D eigenvalue weighted by atomic mass is 9.79. The van der Waals surface area contributed by atoms with Crippen LogP contribution in [0.1, 0.15) is 53.3 Å². The molecule has 1 N–H and O–H groups in total. The summed E-state index contributed by atoms with van der Waals surface area (Å²) in [5.74, 6) is -1.81. The summed E-state index contributed by atoms with van der Waals surface area (Å²) in [4.78, 5) is 14.5. The van der Waals surface area contributed by atoms with Crippen LogP contribution in [0.25, 0.3) is 0 Å². The molecule has 2 aliphatic rings. The highest BCUT2D eigenvalue weighted by Crippen LogP contribution is 2.42. The first-order valence-corrected chi connectivity index (χ1v) is 7.88. The quantitative estimate of drug-likeness (QED) is 0.912. The summed E-state index contributed by atoms with van der Waals surface area (Å²) in [6.07, 6.45) is -2.84. The second-order valence-corrected chi connectivity index (χ2v) is 6.31. The van der Waals surface area contributed by atoms with Crippen LogP contribution in [0.15, 0.2) is 12.1 Å². The van der Waals surface area contributed by atoms with Gasteiger partial charge < -0.3 is 14.6 Å². The zero-order chi connectivity index (χ0) is 23.6. The molecule has 3 atom stereocenters. The second-order valence-electron chi connectivity index (χ2n) is 6.31. The van der Waals surface area contributed by atoms with Crippen molar-refractivity contribution >= 4 is 5.78 Å². The van der Waals surface area contributed by atoms with Gasteiger partial charge in [0.1, 0.15) is 5.78 Å². The third kappa shape index (κ3) is 3.28. The van der Waals surface area contributed by atoms with Gasteiger partial charge >= 0.3 is 0 Å². The summed E-state index contributed by atoms with van der Waals surface area (Å²) in [7, 11) is 2.98. The predicted molar refractivity (Wildman–Crippen MR) is 91.6 cm³/mol. The maximum Gasteiger partial charge on any atom is 0.161 e. The predicted octanol–water partition coefficient (Wildman–Crippen LogP) is 2.35. The first kappa shape index (κ1) is 10.4. The van der Waals surface area contributed by atoms with Gasteiger partial charge in [0, 0.05) is 41.0 Å². The average molecular weight is 340 g/mol. The lowest BCUT2D eigenvalue weighted by Gasteiger charge is -2.44. The van der Waals surface area contributed by atoms with Crippen LogP contribution < -0.4 is 9.47 Å². The van der Waals surface area contributed by atoms with Gasteiger partial charge in [-0.05, 0) is 49.8 Å². The Bertz CT molecular complexity index is 885. The molecule has 0 radical (unpaired) electrons. The summed E-state index contributed by atoms with van der Waals surface area (Å²) >= 11 is 0. The van der Waals surface area contributed by atoms with Gasteiger partial charge in [-0.25, -0.2) is 0 Å².